The van der Waals surface area contributed by atoms with E-state index >= 15 is 0 Å². The topological polar surface area (TPSA) is 40.5 Å². The molecule has 0 heterocycles. The molecule has 0 fully saturated rings. The number of alkyl halides is 3. The number of rotatable bonds is 6. The van der Waals surface area contributed by atoms with Gasteiger partial charge in [0.1, 0.15) is 6.04 Å². The minimum atomic E-state index is -4.50. The lowest BCUT2D eigenvalue weighted by Gasteiger charge is -2.30. The van der Waals surface area contributed by atoms with Gasteiger partial charge in [-0.1, -0.05) is 20.3 Å². The van der Waals surface area contributed by atoms with Crippen LogP contribution in [0.5, 0.6) is 0 Å². The predicted molar refractivity (Wildman–Crippen MR) is 54.2 cm³/mol. The second-order valence-electron chi connectivity index (χ2n) is 4.11. The molecule has 0 amide bonds. The maximum atomic E-state index is 12.6. The molecular weight excluding hydrogens is 223 g/mol. The lowest BCUT2D eigenvalue weighted by Crippen LogP contribution is -2.46. The summed E-state index contributed by atoms with van der Waals surface area (Å²) >= 11 is 0. The SMILES string of the molecule is CCC(C)CN(C)C(CC(=O)O)C(F)(F)F. The summed E-state index contributed by atoms with van der Waals surface area (Å²) in [6, 6.07) is -1.90. The van der Waals surface area contributed by atoms with Crippen LogP contribution < -0.4 is 0 Å². The maximum absolute atomic E-state index is 12.6. The molecule has 0 saturated heterocycles. The Bertz CT molecular complexity index is 231. The van der Waals surface area contributed by atoms with Gasteiger partial charge >= 0.3 is 12.1 Å². The van der Waals surface area contributed by atoms with Gasteiger partial charge in [-0.25, -0.2) is 0 Å². The summed E-state index contributed by atoms with van der Waals surface area (Å²) in [5.41, 5.74) is 0. The molecule has 0 bridgehead atoms. The van der Waals surface area contributed by atoms with Crippen molar-refractivity contribution in [2.24, 2.45) is 5.92 Å². The van der Waals surface area contributed by atoms with E-state index in [0.29, 0.717) is 0 Å². The van der Waals surface area contributed by atoms with Crippen LogP contribution >= 0.6 is 0 Å². The molecule has 3 nitrogen and oxygen atoms in total. The van der Waals surface area contributed by atoms with Gasteiger partial charge in [0.25, 0.3) is 0 Å². The average Bonchev–Trinajstić information content (AvgIpc) is 2.11. The predicted octanol–water partition coefficient (Wildman–Crippen LogP) is 2.37. The van der Waals surface area contributed by atoms with Gasteiger partial charge in [-0.3, -0.25) is 9.69 Å². The Labute approximate surface area is 93.2 Å². The number of carbonyl (C=O) groups is 1. The minimum absolute atomic E-state index is 0.114. The normalized spacial score (nSPS) is 16.2. The first-order chi connectivity index (χ1) is 7.18. The second kappa shape index (κ2) is 6.08. The molecule has 0 aliphatic heterocycles. The van der Waals surface area contributed by atoms with Gasteiger partial charge in [0.2, 0.25) is 0 Å². The fraction of sp³-hybridized carbons (Fsp3) is 0.900. The highest BCUT2D eigenvalue weighted by Crippen LogP contribution is 2.27. The second-order valence-corrected chi connectivity index (χ2v) is 4.11. The molecule has 0 aromatic rings. The number of carboxylic acid groups (broad SMARTS) is 1. The lowest BCUT2D eigenvalue weighted by atomic mass is 10.1. The number of carboxylic acids is 1. The Morgan fingerprint density at radius 2 is 1.94 bits per heavy atom. The third-order valence-electron chi connectivity index (χ3n) is 2.57. The van der Waals surface area contributed by atoms with E-state index in [1.165, 1.54) is 7.05 Å². The van der Waals surface area contributed by atoms with E-state index in [0.717, 1.165) is 11.3 Å². The van der Waals surface area contributed by atoms with E-state index < -0.39 is 24.6 Å². The number of hydrogen-bond acceptors (Lipinski definition) is 2. The van der Waals surface area contributed by atoms with Crippen LogP contribution in [-0.2, 0) is 4.79 Å². The molecule has 16 heavy (non-hydrogen) atoms. The summed E-state index contributed by atoms with van der Waals surface area (Å²) in [6.45, 7) is 3.97. The first-order valence-electron chi connectivity index (χ1n) is 5.17. The molecule has 0 rings (SSSR count). The Morgan fingerprint density at radius 3 is 2.25 bits per heavy atom. The summed E-state index contributed by atoms with van der Waals surface area (Å²) in [6.07, 6.45) is -4.64. The fourth-order valence-electron chi connectivity index (χ4n) is 1.43. The Morgan fingerprint density at radius 1 is 1.44 bits per heavy atom. The van der Waals surface area contributed by atoms with Gasteiger partial charge in [0, 0.05) is 6.54 Å². The van der Waals surface area contributed by atoms with Crippen molar-refractivity contribution in [2.75, 3.05) is 13.6 Å². The zero-order valence-corrected chi connectivity index (χ0v) is 9.71. The van der Waals surface area contributed by atoms with Crippen molar-refractivity contribution in [3.05, 3.63) is 0 Å². The molecule has 2 unspecified atom stereocenters. The standard InChI is InChI=1S/C10H18F3NO2/c1-4-7(2)6-14(3)8(5-9(15)16)10(11,12)13/h7-8H,4-6H2,1-3H3,(H,15,16). The van der Waals surface area contributed by atoms with Gasteiger partial charge in [0.05, 0.1) is 6.42 Å². The van der Waals surface area contributed by atoms with Crippen LogP contribution in [0.2, 0.25) is 0 Å². The molecule has 6 heteroatoms. The molecule has 0 aromatic carbocycles. The molecule has 0 radical (unpaired) electrons. The number of hydrogen-bond donors (Lipinski definition) is 1. The number of aliphatic carboxylic acids is 1. The molecule has 0 aromatic heterocycles. The first kappa shape index (κ1) is 15.2. The fourth-order valence-corrected chi connectivity index (χ4v) is 1.43. The zero-order chi connectivity index (χ0) is 12.9. The van der Waals surface area contributed by atoms with Crippen molar-refractivity contribution in [2.45, 2.75) is 38.9 Å². The van der Waals surface area contributed by atoms with E-state index in [4.69, 9.17) is 5.11 Å². The Balaban J connectivity index is 4.56. The highest BCUT2D eigenvalue weighted by molar-refractivity contribution is 5.67. The van der Waals surface area contributed by atoms with Gasteiger partial charge < -0.3 is 5.11 Å². The number of halogens is 3. The third-order valence-corrected chi connectivity index (χ3v) is 2.57. The highest BCUT2D eigenvalue weighted by atomic mass is 19.4. The Kier molecular flexibility index (Phi) is 5.78. The molecule has 1 N–H and O–H groups in total. The van der Waals surface area contributed by atoms with Crippen molar-refractivity contribution in [3.63, 3.8) is 0 Å². The molecule has 0 aliphatic rings. The summed E-state index contributed by atoms with van der Waals surface area (Å²) in [4.78, 5) is 11.5. The van der Waals surface area contributed by atoms with Gasteiger partial charge in [-0.15, -0.1) is 0 Å². The third kappa shape index (κ3) is 5.34. The van der Waals surface area contributed by atoms with Crippen molar-refractivity contribution < 1.29 is 23.1 Å². The van der Waals surface area contributed by atoms with E-state index in [9.17, 15) is 18.0 Å². The smallest absolute Gasteiger partial charge is 0.404 e. The van der Waals surface area contributed by atoms with E-state index in [1.54, 1.807) is 0 Å². The zero-order valence-electron chi connectivity index (χ0n) is 9.71. The van der Waals surface area contributed by atoms with E-state index in [-0.39, 0.29) is 12.5 Å². The van der Waals surface area contributed by atoms with Crippen molar-refractivity contribution in [1.82, 2.24) is 4.90 Å². The van der Waals surface area contributed by atoms with Crippen LogP contribution in [0.3, 0.4) is 0 Å². The molecule has 0 saturated carbocycles. The number of nitrogens with zero attached hydrogens (tertiary/aromatic N) is 1. The summed E-state index contributed by atoms with van der Waals surface area (Å²) < 4.78 is 37.7. The molecule has 0 aliphatic carbocycles. The van der Waals surface area contributed by atoms with Crippen LogP contribution in [0.1, 0.15) is 26.7 Å². The largest absolute Gasteiger partial charge is 0.481 e. The monoisotopic (exact) mass is 241 g/mol. The van der Waals surface area contributed by atoms with Crippen molar-refractivity contribution in [1.29, 1.82) is 0 Å². The van der Waals surface area contributed by atoms with Gasteiger partial charge in [0.15, 0.2) is 0 Å². The van der Waals surface area contributed by atoms with Crippen LogP contribution in [0, 0.1) is 5.92 Å². The quantitative estimate of drug-likeness (QED) is 0.776. The lowest BCUT2D eigenvalue weighted by molar-refractivity contribution is -0.188. The minimum Gasteiger partial charge on any atom is -0.481 e. The van der Waals surface area contributed by atoms with E-state index in [1.807, 2.05) is 13.8 Å². The molecule has 96 valence electrons. The molecule has 2 atom stereocenters. The summed E-state index contributed by atoms with van der Waals surface area (Å²) in [7, 11) is 1.31. The van der Waals surface area contributed by atoms with Gasteiger partial charge in [-0.2, -0.15) is 13.2 Å². The first-order valence-corrected chi connectivity index (χ1v) is 5.17. The summed E-state index contributed by atoms with van der Waals surface area (Å²) in [5, 5.41) is 8.46. The van der Waals surface area contributed by atoms with Crippen LogP contribution in [-0.4, -0.2) is 41.8 Å². The molecule has 0 spiro atoms. The van der Waals surface area contributed by atoms with Gasteiger partial charge in [-0.05, 0) is 13.0 Å². The maximum Gasteiger partial charge on any atom is 0.404 e. The Hall–Kier alpha value is -0.780. The highest BCUT2D eigenvalue weighted by Gasteiger charge is 2.43. The summed E-state index contributed by atoms with van der Waals surface area (Å²) in [5.74, 6) is -1.32. The van der Waals surface area contributed by atoms with Crippen molar-refractivity contribution >= 4 is 5.97 Å². The molecular formula is C10H18F3NO2. The van der Waals surface area contributed by atoms with Crippen LogP contribution in [0.25, 0.3) is 0 Å². The van der Waals surface area contributed by atoms with Crippen LogP contribution in [0.4, 0.5) is 13.2 Å². The van der Waals surface area contributed by atoms with Crippen LogP contribution in [0.15, 0.2) is 0 Å². The average molecular weight is 241 g/mol. The van der Waals surface area contributed by atoms with E-state index in [2.05, 4.69) is 0 Å². The van der Waals surface area contributed by atoms with Crippen molar-refractivity contribution in [3.8, 4) is 0 Å².